The second-order valence-corrected chi connectivity index (χ2v) is 6.06. The van der Waals surface area contributed by atoms with Gasteiger partial charge in [-0.2, -0.15) is 13.2 Å². The van der Waals surface area contributed by atoms with Crippen LogP contribution in [-0.4, -0.2) is 0 Å². The Labute approximate surface area is 128 Å². The molecule has 0 saturated heterocycles. The maximum Gasteiger partial charge on any atom is 0.416 e. The quantitative estimate of drug-likeness (QED) is 0.768. The van der Waals surface area contributed by atoms with Gasteiger partial charge in [-0.05, 0) is 41.2 Å². The van der Waals surface area contributed by atoms with Crippen LogP contribution in [0.3, 0.4) is 0 Å². The van der Waals surface area contributed by atoms with Crippen molar-refractivity contribution in [3.05, 3.63) is 64.7 Å². The minimum absolute atomic E-state index is 0.317. The summed E-state index contributed by atoms with van der Waals surface area (Å²) in [5, 5.41) is 3.23. The molecule has 1 aliphatic heterocycles. The van der Waals surface area contributed by atoms with E-state index < -0.39 is 11.7 Å². The molecule has 2 aromatic carbocycles. The van der Waals surface area contributed by atoms with E-state index in [9.17, 15) is 13.2 Å². The highest BCUT2D eigenvalue weighted by Crippen LogP contribution is 2.41. The van der Waals surface area contributed by atoms with Crippen LogP contribution in [0.15, 0.2) is 42.5 Å². The zero-order chi connectivity index (χ0) is 15.9. The van der Waals surface area contributed by atoms with Gasteiger partial charge >= 0.3 is 6.18 Å². The molecule has 1 unspecified atom stereocenters. The normalized spacial score (nSPS) is 17.5. The number of alkyl halides is 3. The fourth-order valence-electron chi connectivity index (χ4n) is 2.99. The third-order valence-electron chi connectivity index (χ3n) is 4.19. The Morgan fingerprint density at radius 1 is 1.09 bits per heavy atom. The lowest BCUT2D eigenvalue weighted by Gasteiger charge is -2.18. The molecule has 1 nitrogen and oxygen atoms in total. The molecule has 3 rings (SSSR count). The fraction of sp³-hybridized carbons (Fsp3) is 0.333. The molecular weight excluding hydrogens is 287 g/mol. The first-order valence-corrected chi connectivity index (χ1v) is 7.41. The molecule has 22 heavy (non-hydrogen) atoms. The molecule has 0 bridgehead atoms. The Balaban J connectivity index is 1.94. The molecule has 1 aliphatic rings. The van der Waals surface area contributed by atoms with E-state index in [4.69, 9.17) is 0 Å². The summed E-state index contributed by atoms with van der Waals surface area (Å²) >= 11 is 0. The lowest BCUT2D eigenvalue weighted by atomic mass is 9.95. The summed E-state index contributed by atoms with van der Waals surface area (Å²) in [6.45, 7) is 4.22. The molecule has 116 valence electrons. The van der Waals surface area contributed by atoms with Crippen LogP contribution in [0, 0.1) is 0 Å². The fourth-order valence-corrected chi connectivity index (χ4v) is 2.99. The van der Waals surface area contributed by atoms with E-state index in [1.54, 1.807) is 12.1 Å². The van der Waals surface area contributed by atoms with Crippen molar-refractivity contribution < 1.29 is 13.2 Å². The van der Waals surface area contributed by atoms with Gasteiger partial charge in [-0.3, -0.25) is 0 Å². The first-order valence-electron chi connectivity index (χ1n) is 7.41. The Morgan fingerprint density at radius 3 is 2.50 bits per heavy atom. The maximum absolute atomic E-state index is 13.2. The third kappa shape index (κ3) is 2.70. The molecule has 0 spiro atoms. The van der Waals surface area contributed by atoms with Gasteiger partial charge in [0.05, 0.1) is 11.6 Å². The van der Waals surface area contributed by atoms with Crippen molar-refractivity contribution in [2.45, 2.75) is 38.4 Å². The Morgan fingerprint density at radius 2 is 1.82 bits per heavy atom. The Kier molecular flexibility index (Phi) is 3.63. The Bertz CT molecular complexity index is 689. The smallest absolute Gasteiger partial charge is 0.378 e. The highest BCUT2D eigenvalue weighted by Gasteiger charge is 2.36. The molecule has 1 atom stereocenters. The highest BCUT2D eigenvalue weighted by molar-refractivity contribution is 5.60. The van der Waals surface area contributed by atoms with Crippen molar-refractivity contribution in [1.82, 2.24) is 0 Å². The predicted octanol–water partition coefficient (Wildman–Crippen LogP) is 5.54. The number of nitrogens with one attached hydrogen (secondary N) is 1. The number of halogens is 3. The van der Waals surface area contributed by atoms with Crippen LogP contribution in [0.4, 0.5) is 18.9 Å². The highest BCUT2D eigenvalue weighted by atomic mass is 19.4. The van der Waals surface area contributed by atoms with Crippen LogP contribution in [-0.2, 0) is 12.6 Å². The van der Waals surface area contributed by atoms with Crippen molar-refractivity contribution in [2.75, 3.05) is 5.32 Å². The molecule has 0 fully saturated rings. The van der Waals surface area contributed by atoms with Crippen molar-refractivity contribution in [2.24, 2.45) is 0 Å². The van der Waals surface area contributed by atoms with Crippen molar-refractivity contribution in [3.63, 3.8) is 0 Å². The number of hydrogen-bond acceptors (Lipinski definition) is 1. The summed E-state index contributed by atoms with van der Waals surface area (Å²) in [6, 6.07) is 11.6. The van der Waals surface area contributed by atoms with Crippen LogP contribution in [0.5, 0.6) is 0 Å². The van der Waals surface area contributed by atoms with Crippen LogP contribution >= 0.6 is 0 Å². The van der Waals surface area contributed by atoms with E-state index in [-0.39, 0.29) is 6.04 Å². The second-order valence-electron chi connectivity index (χ2n) is 6.06. The number of benzene rings is 2. The van der Waals surface area contributed by atoms with E-state index in [2.05, 4.69) is 25.2 Å². The van der Waals surface area contributed by atoms with Gasteiger partial charge in [-0.1, -0.05) is 44.2 Å². The molecule has 1 heterocycles. The van der Waals surface area contributed by atoms with Gasteiger partial charge < -0.3 is 5.32 Å². The lowest BCUT2D eigenvalue weighted by molar-refractivity contribution is -0.138. The monoisotopic (exact) mass is 305 g/mol. The number of hydrogen-bond donors (Lipinski definition) is 1. The SMILES string of the molecule is CC(C)c1ccc2c(c1)CC(c1ccccc1C(F)(F)F)N2. The minimum Gasteiger partial charge on any atom is -0.378 e. The molecule has 0 saturated carbocycles. The van der Waals surface area contributed by atoms with Crippen LogP contribution in [0.25, 0.3) is 0 Å². The summed E-state index contributed by atoms with van der Waals surface area (Å²) in [5.74, 6) is 0.409. The first-order chi connectivity index (χ1) is 10.4. The standard InChI is InChI=1S/C18H18F3N/c1-11(2)12-7-8-16-13(9-12)10-17(22-16)14-5-3-4-6-15(14)18(19,20)21/h3-9,11,17,22H,10H2,1-2H3. The molecule has 2 aromatic rings. The van der Waals surface area contributed by atoms with Crippen LogP contribution < -0.4 is 5.32 Å². The van der Waals surface area contributed by atoms with Gasteiger partial charge in [-0.25, -0.2) is 0 Å². The third-order valence-corrected chi connectivity index (χ3v) is 4.19. The summed E-state index contributed by atoms with van der Waals surface area (Å²) in [6.07, 6.45) is -3.74. The average molecular weight is 305 g/mol. The number of fused-ring (bicyclic) bond motifs is 1. The van der Waals surface area contributed by atoms with E-state index in [0.717, 1.165) is 17.3 Å². The number of anilines is 1. The first kappa shape index (κ1) is 14.9. The van der Waals surface area contributed by atoms with E-state index in [1.807, 2.05) is 12.1 Å². The summed E-state index contributed by atoms with van der Waals surface area (Å²) in [4.78, 5) is 0. The minimum atomic E-state index is -4.32. The molecule has 4 heteroatoms. The molecule has 0 aromatic heterocycles. The molecule has 1 N–H and O–H groups in total. The molecular formula is C18H18F3N. The largest absolute Gasteiger partial charge is 0.416 e. The van der Waals surface area contributed by atoms with E-state index >= 15 is 0 Å². The summed E-state index contributed by atoms with van der Waals surface area (Å²) in [5.41, 5.74) is 3.01. The van der Waals surface area contributed by atoms with Gasteiger partial charge in [-0.15, -0.1) is 0 Å². The van der Waals surface area contributed by atoms with Gasteiger partial charge in [0.2, 0.25) is 0 Å². The van der Waals surface area contributed by atoms with Gasteiger partial charge in [0.25, 0.3) is 0 Å². The van der Waals surface area contributed by atoms with E-state index in [0.29, 0.717) is 17.9 Å². The topological polar surface area (TPSA) is 12.0 Å². The zero-order valence-electron chi connectivity index (χ0n) is 12.5. The summed E-state index contributed by atoms with van der Waals surface area (Å²) < 4.78 is 39.5. The Hall–Kier alpha value is -1.97. The average Bonchev–Trinajstić information content (AvgIpc) is 2.89. The maximum atomic E-state index is 13.2. The van der Waals surface area contributed by atoms with Crippen LogP contribution in [0.2, 0.25) is 0 Å². The second kappa shape index (κ2) is 5.34. The van der Waals surface area contributed by atoms with Crippen LogP contribution in [0.1, 0.15) is 48.1 Å². The van der Waals surface area contributed by atoms with Gasteiger partial charge in [0.1, 0.15) is 0 Å². The van der Waals surface area contributed by atoms with Crippen molar-refractivity contribution in [3.8, 4) is 0 Å². The zero-order valence-corrected chi connectivity index (χ0v) is 12.5. The summed E-state index contributed by atoms with van der Waals surface area (Å²) in [7, 11) is 0. The molecule has 0 radical (unpaired) electrons. The van der Waals surface area contributed by atoms with Gasteiger partial charge in [0, 0.05) is 5.69 Å². The van der Waals surface area contributed by atoms with Crippen molar-refractivity contribution in [1.29, 1.82) is 0 Å². The van der Waals surface area contributed by atoms with Crippen molar-refractivity contribution >= 4 is 5.69 Å². The molecule has 0 amide bonds. The molecule has 0 aliphatic carbocycles. The predicted molar refractivity (Wildman–Crippen MR) is 82.0 cm³/mol. The van der Waals surface area contributed by atoms with Gasteiger partial charge in [0.15, 0.2) is 0 Å². The number of rotatable bonds is 2. The van der Waals surface area contributed by atoms with E-state index in [1.165, 1.54) is 11.6 Å². The lowest BCUT2D eigenvalue weighted by Crippen LogP contribution is -2.15.